The number of methoxy groups -OCH3 is 2. The van der Waals surface area contributed by atoms with Crippen LogP contribution >= 0.6 is 0 Å². The number of hydrogen-bond donors (Lipinski definition) is 1. The lowest BCUT2D eigenvalue weighted by atomic mass is 10.1. The van der Waals surface area contributed by atoms with Crippen LogP contribution in [0.5, 0.6) is 11.5 Å². The maximum atomic E-state index is 11.9. The van der Waals surface area contributed by atoms with Gasteiger partial charge in [-0.15, -0.1) is 0 Å². The fourth-order valence-electron chi connectivity index (χ4n) is 3.09. The Kier molecular flexibility index (Phi) is 5.61. The van der Waals surface area contributed by atoms with Gasteiger partial charge in [-0.1, -0.05) is 0 Å². The second kappa shape index (κ2) is 7.75. The molecule has 9 heteroatoms. The zero-order valence-electron chi connectivity index (χ0n) is 15.2. The molecule has 1 saturated heterocycles. The Morgan fingerprint density at radius 1 is 1.12 bits per heavy atom. The van der Waals surface area contributed by atoms with Gasteiger partial charge in [0.2, 0.25) is 0 Å². The van der Waals surface area contributed by atoms with Crippen molar-refractivity contribution in [3.05, 3.63) is 30.0 Å². The lowest BCUT2D eigenvalue weighted by Crippen LogP contribution is -2.51. The largest absolute Gasteiger partial charge is 0.497 e. The third kappa shape index (κ3) is 3.90. The summed E-state index contributed by atoms with van der Waals surface area (Å²) in [6, 6.07) is 7.63. The van der Waals surface area contributed by atoms with Crippen molar-refractivity contribution in [2.75, 3.05) is 47.4 Å². The van der Waals surface area contributed by atoms with Crippen LogP contribution in [0, 0.1) is 0 Å². The molecule has 0 unspecified atom stereocenters. The summed E-state index contributed by atoms with van der Waals surface area (Å²) < 4.78 is 38.3. The maximum absolute atomic E-state index is 11.9. The van der Waals surface area contributed by atoms with Gasteiger partial charge in [0.1, 0.15) is 11.5 Å². The van der Waals surface area contributed by atoms with Crippen LogP contribution in [-0.2, 0) is 16.8 Å². The van der Waals surface area contributed by atoms with Crippen LogP contribution in [0.3, 0.4) is 0 Å². The van der Waals surface area contributed by atoms with Gasteiger partial charge in [-0.25, -0.2) is 4.72 Å². The van der Waals surface area contributed by atoms with Crippen LogP contribution in [-0.4, -0.2) is 70.1 Å². The van der Waals surface area contributed by atoms with Crippen LogP contribution in [0.25, 0.3) is 10.9 Å². The van der Waals surface area contributed by atoms with Crippen LogP contribution in [0.2, 0.25) is 0 Å². The van der Waals surface area contributed by atoms with E-state index in [-0.39, 0.29) is 0 Å². The Morgan fingerprint density at radius 2 is 1.85 bits per heavy atom. The molecule has 1 aromatic carbocycles. The molecule has 0 bridgehead atoms. The Bertz CT molecular complexity index is 880. The van der Waals surface area contributed by atoms with E-state index in [4.69, 9.17) is 14.5 Å². The molecule has 0 amide bonds. The topological polar surface area (TPSA) is 84.0 Å². The molecule has 0 radical (unpaired) electrons. The summed E-state index contributed by atoms with van der Waals surface area (Å²) in [4.78, 5) is 6.91. The number of piperazine rings is 1. The molecular weight excluding hydrogens is 356 g/mol. The summed E-state index contributed by atoms with van der Waals surface area (Å²) in [7, 11) is 1.34. The minimum Gasteiger partial charge on any atom is -0.497 e. The Morgan fingerprint density at radius 3 is 2.46 bits per heavy atom. The zero-order chi connectivity index (χ0) is 18.7. The third-order valence-electron chi connectivity index (χ3n) is 4.57. The average molecular weight is 380 g/mol. The first kappa shape index (κ1) is 18.8. The van der Waals surface area contributed by atoms with Crippen molar-refractivity contribution in [2.45, 2.75) is 6.54 Å². The van der Waals surface area contributed by atoms with Gasteiger partial charge < -0.3 is 9.47 Å². The molecule has 1 aliphatic heterocycles. The standard InChI is InChI=1S/C17H24N4O4S/c1-18-26(22,23)21-8-6-20(7-9-21)12-13-10-17(25-3)15-11-14(24-2)4-5-16(15)19-13/h4-5,10-11,18H,6-9,12H2,1-3H3. The second-order valence-corrected chi connectivity index (χ2v) is 7.96. The molecule has 1 fully saturated rings. The lowest BCUT2D eigenvalue weighted by molar-refractivity contribution is 0.179. The smallest absolute Gasteiger partial charge is 0.279 e. The normalized spacial score (nSPS) is 16.7. The van der Waals surface area contributed by atoms with Crippen molar-refractivity contribution in [1.29, 1.82) is 0 Å². The molecule has 142 valence electrons. The highest BCUT2D eigenvalue weighted by atomic mass is 32.2. The van der Waals surface area contributed by atoms with E-state index in [0.29, 0.717) is 32.7 Å². The van der Waals surface area contributed by atoms with Crippen molar-refractivity contribution in [2.24, 2.45) is 0 Å². The summed E-state index contributed by atoms with van der Waals surface area (Å²) in [5.41, 5.74) is 1.74. The first-order valence-corrected chi connectivity index (χ1v) is 9.83. The van der Waals surface area contributed by atoms with Crippen LogP contribution in [0.4, 0.5) is 0 Å². The molecular formula is C17H24N4O4S. The van der Waals surface area contributed by atoms with E-state index in [1.807, 2.05) is 24.3 Å². The van der Waals surface area contributed by atoms with Crippen molar-refractivity contribution in [3.8, 4) is 11.5 Å². The second-order valence-electron chi connectivity index (χ2n) is 6.08. The van der Waals surface area contributed by atoms with Gasteiger partial charge in [-0.05, 0) is 18.2 Å². The molecule has 1 N–H and O–H groups in total. The van der Waals surface area contributed by atoms with E-state index in [1.54, 1.807) is 14.2 Å². The fourth-order valence-corrected chi connectivity index (χ4v) is 3.99. The summed E-state index contributed by atoms with van der Waals surface area (Å²) in [5.74, 6) is 1.51. The Hall–Kier alpha value is -1.94. The molecule has 8 nitrogen and oxygen atoms in total. The van der Waals surface area contributed by atoms with E-state index in [1.165, 1.54) is 11.4 Å². The van der Waals surface area contributed by atoms with Gasteiger partial charge in [-0.2, -0.15) is 12.7 Å². The van der Waals surface area contributed by atoms with Crippen LogP contribution < -0.4 is 14.2 Å². The first-order chi connectivity index (χ1) is 12.5. The van der Waals surface area contributed by atoms with Gasteiger partial charge in [-0.3, -0.25) is 9.88 Å². The molecule has 2 heterocycles. The molecule has 1 aliphatic rings. The van der Waals surface area contributed by atoms with E-state index >= 15 is 0 Å². The number of ether oxygens (including phenoxy) is 2. The van der Waals surface area contributed by atoms with Gasteiger partial charge in [0.05, 0.1) is 25.4 Å². The Balaban J connectivity index is 1.76. The third-order valence-corrected chi connectivity index (χ3v) is 6.13. The Labute approximate surface area is 153 Å². The van der Waals surface area contributed by atoms with Gasteiger partial charge in [0, 0.05) is 51.2 Å². The van der Waals surface area contributed by atoms with Crippen molar-refractivity contribution in [3.63, 3.8) is 0 Å². The minimum absolute atomic E-state index is 0.463. The van der Waals surface area contributed by atoms with E-state index in [9.17, 15) is 8.42 Å². The molecule has 0 atom stereocenters. The van der Waals surface area contributed by atoms with Crippen LogP contribution in [0.15, 0.2) is 24.3 Å². The highest BCUT2D eigenvalue weighted by Gasteiger charge is 2.25. The van der Waals surface area contributed by atoms with Crippen molar-refractivity contribution >= 4 is 21.1 Å². The van der Waals surface area contributed by atoms with Gasteiger partial charge in [0.15, 0.2) is 0 Å². The number of nitrogens with zero attached hydrogens (tertiary/aromatic N) is 3. The molecule has 0 aliphatic carbocycles. The summed E-state index contributed by atoms with van der Waals surface area (Å²) in [5, 5.41) is 0.903. The van der Waals surface area contributed by atoms with E-state index in [0.717, 1.165) is 28.1 Å². The number of fused-ring (bicyclic) bond motifs is 1. The molecule has 2 aromatic rings. The monoisotopic (exact) mass is 380 g/mol. The average Bonchev–Trinajstić information content (AvgIpc) is 2.67. The summed E-state index contributed by atoms with van der Waals surface area (Å²) in [6.07, 6.45) is 0. The predicted molar refractivity (Wildman–Crippen MR) is 99.7 cm³/mol. The summed E-state index contributed by atoms with van der Waals surface area (Å²) in [6.45, 7) is 2.89. The van der Waals surface area contributed by atoms with E-state index < -0.39 is 10.2 Å². The molecule has 0 spiro atoms. The number of benzene rings is 1. The number of nitrogens with one attached hydrogen (secondary N) is 1. The highest BCUT2D eigenvalue weighted by molar-refractivity contribution is 7.87. The number of aromatic nitrogens is 1. The highest BCUT2D eigenvalue weighted by Crippen LogP contribution is 2.29. The fraction of sp³-hybridized carbons (Fsp3) is 0.471. The molecule has 0 saturated carbocycles. The number of hydrogen-bond acceptors (Lipinski definition) is 6. The molecule has 1 aromatic heterocycles. The maximum Gasteiger partial charge on any atom is 0.279 e. The molecule has 26 heavy (non-hydrogen) atoms. The lowest BCUT2D eigenvalue weighted by Gasteiger charge is -2.33. The SMILES string of the molecule is CNS(=O)(=O)N1CCN(Cc2cc(OC)c3cc(OC)ccc3n2)CC1. The van der Waals surface area contributed by atoms with Crippen LogP contribution in [0.1, 0.15) is 5.69 Å². The van der Waals surface area contributed by atoms with Gasteiger partial charge >= 0.3 is 0 Å². The minimum atomic E-state index is -3.35. The zero-order valence-corrected chi connectivity index (χ0v) is 16.0. The molecule has 3 rings (SSSR count). The van der Waals surface area contributed by atoms with Crippen molar-refractivity contribution in [1.82, 2.24) is 18.9 Å². The van der Waals surface area contributed by atoms with E-state index in [2.05, 4.69) is 9.62 Å². The quantitative estimate of drug-likeness (QED) is 0.799. The van der Waals surface area contributed by atoms with Crippen molar-refractivity contribution < 1.29 is 17.9 Å². The number of pyridine rings is 1. The predicted octanol–water partition coefficient (Wildman–Crippen LogP) is 0.834. The first-order valence-electron chi connectivity index (χ1n) is 8.39. The summed E-state index contributed by atoms with van der Waals surface area (Å²) >= 11 is 0. The number of rotatable bonds is 6. The van der Waals surface area contributed by atoms with Gasteiger partial charge in [0.25, 0.3) is 10.2 Å².